The molecule has 10 heteroatoms. The zero-order valence-electron chi connectivity index (χ0n) is 20.5. The second-order valence-corrected chi connectivity index (χ2v) is 10.2. The molecule has 0 spiro atoms. The normalized spacial score (nSPS) is 12.1. The maximum absolute atomic E-state index is 13.0. The average molecular weight is 529 g/mol. The van der Waals surface area contributed by atoms with Crippen molar-refractivity contribution in [2.24, 2.45) is 14.1 Å². The van der Waals surface area contributed by atoms with Gasteiger partial charge >= 0.3 is 0 Å². The number of fused-ring (bicyclic) bond motifs is 1. The first-order valence-corrected chi connectivity index (χ1v) is 13.1. The second-order valence-electron chi connectivity index (χ2n) is 8.73. The van der Waals surface area contributed by atoms with Crippen LogP contribution in [0.2, 0.25) is 0 Å². The fraction of sp³-hybridized carbons (Fsp3) is 0.185. The maximum atomic E-state index is 13.0. The molecule has 0 aliphatic carbocycles. The van der Waals surface area contributed by atoms with Crippen LogP contribution in [0, 0.1) is 6.92 Å². The minimum atomic E-state index is -0.290. The number of benzene rings is 3. The molecule has 8 nitrogen and oxygen atoms in total. The minimum absolute atomic E-state index is 0.0462. The van der Waals surface area contributed by atoms with Crippen LogP contribution in [0.15, 0.2) is 76.7 Å². The Labute approximate surface area is 223 Å². The summed E-state index contributed by atoms with van der Waals surface area (Å²) in [5, 5.41) is 12.5. The Kier molecular flexibility index (Phi) is 6.94. The van der Waals surface area contributed by atoms with Crippen LogP contribution in [-0.2, 0) is 19.8 Å². The van der Waals surface area contributed by atoms with E-state index in [0.717, 1.165) is 16.7 Å². The summed E-state index contributed by atoms with van der Waals surface area (Å²) >= 11 is 6.11. The molecule has 37 heavy (non-hydrogen) atoms. The van der Waals surface area contributed by atoms with Crippen molar-refractivity contribution in [2.45, 2.75) is 23.1 Å². The van der Waals surface area contributed by atoms with Gasteiger partial charge < -0.3 is 0 Å². The molecule has 2 heterocycles. The van der Waals surface area contributed by atoms with Gasteiger partial charge in [0.2, 0.25) is 0 Å². The molecule has 3 aromatic carbocycles. The van der Waals surface area contributed by atoms with Crippen LogP contribution < -0.4 is 5.56 Å². The first-order valence-electron chi connectivity index (χ1n) is 11.6. The quantitative estimate of drug-likeness (QED) is 0.146. The second kappa shape index (κ2) is 10.3. The molecule has 0 N–H and O–H groups in total. The summed E-state index contributed by atoms with van der Waals surface area (Å²) in [7, 11) is 3.51. The van der Waals surface area contributed by atoms with E-state index < -0.39 is 0 Å². The van der Waals surface area contributed by atoms with E-state index in [-0.39, 0.29) is 16.6 Å². The molecule has 0 aliphatic rings. The number of ketones is 1. The van der Waals surface area contributed by atoms with Gasteiger partial charge in [-0.2, -0.15) is 12.6 Å². The van der Waals surface area contributed by atoms with Crippen LogP contribution in [0.1, 0.15) is 43.7 Å². The minimum Gasteiger partial charge on any atom is -0.290 e. The number of aromatic nitrogens is 6. The SMILES string of the molecule is Cc1cccc2nc(SCc3ccc(C(=O)c4ccc(C(S)c5nnnn5C)cc4)cc3)n(C)c(=O)c12. The molecule has 186 valence electrons. The van der Waals surface area contributed by atoms with Gasteiger partial charge in [0.25, 0.3) is 5.56 Å². The standard InChI is InChI=1S/C27H24N6O2S2/c1-16-5-4-6-21-22(16)26(35)32(2)27(28-21)37-15-17-7-9-18(10-8-17)23(34)19-11-13-20(14-12-19)24(36)25-29-30-31-33(25)3/h4-14,24,36H,15H2,1-3H3. The molecule has 0 radical (unpaired) electrons. The van der Waals surface area contributed by atoms with Gasteiger partial charge in [-0.1, -0.05) is 72.4 Å². The summed E-state index contributed by atoms with van der Waals surface area (Å²) in [6, 6.07) is 20.5. The predicted octanol–water partition coefficient (Wildman–Crippen LogP) is 4.31. The molecule has 0 aliphatic heterocycles. The van der Waals surface area contributed by atoms with Crippen LogP contribution in [0.25, 0.3) is 10.9 Å². The van der Waals surface area contributed by atoms with Crippen molar-refractivity contribution in [1.29, 1.82) is 0 Å². The summed E-state index contributed by atoms with van der Waals surface area (Å²) < 4.78 is 3.17. The van der Waals surface area contributed by atoms with Crippen LogP contribution in [0.3, 0.4) is 0 Å². The molecule has 0 fully saturated rings. The summed E-state index contributed by atoms with van der Waals surface area (Å²) in [5.41, 5.74) is 4.71. The van der Waals surface area contributed by atoms with E-state index in [1.54, 1.807) is 35.5 Å². The molecular weight excluding hydrogens is 504 g/mol. The van der Waals surface area contributed by atoms with E-state index in [1.165, 1.54) is 11.8 Å². The number of thiol groups is 1. The van der Waals surface area contributed by atoms with Gasteiger partial charge in [0.05, 0.1) is 16.2 Å². The fourth-order valence-electron chi connectivity index (χ4n) is 4.09. The predicted molar refractivity (Wildman–Crippen MR) is 147 cm³/mol. The maximum Gasteiger partial charge on any atom is 0.262 e. The van der Waals surface area contributed by atoms with Crippen LogP contribution in [0.4, 0.5) is 0 Å². The van der Waals surface area contributed by atoms with Gasteiger partial charge in [0.15, 0.2) is 16.8 Å². The molecule has 0 saturated carbocycles. The zero-order chi connectivity index (χ0) is 26.1. The number of thioether (sulfide) groups is 1. The molecule has 0 amide bonds. The third-order valence-electron chi connectivity index (χ3n) is 6.24. The number of aryl methyl sites for hydroxylation is 2. The third kappa shape index (κ3) is 4.94. The van der Waals surface area contributed by atoms with Gasteiger partial charge in [-0.25, -0.2) is 9.67 Å². The molecule has 2 aromatic heterocycles. The van der Waals surface area contributed by atoms with E-state index in [4.69, 9.17) is 4.98 Å². The number of rotatable bonds is 7. The molecule has 1 atom stereocenters. The Balaban J connectivity index is 1.28. The number of hydrogen-bond donors (Lipinski definition) is 1. The van der Waals surface area contributed by atoms with Crippen molar-refractivity contribution in [3.05, 3.63) is 111 Å². The highest BCUT2D eigenvalue weighted by molar-refractivity contribution is 7.98. The Morgan fingerprint density at radius 3 is 2.32 bits per heavy atom. The van der Waals surface area contributed by atoms with Crippen molar-refractivity contribution in [2.75, 3.05) is 0 Å². The highest BCUT2D eigenvalue weighted by atomic mass is 32.2. The number of hydrogen-bond acceptors (Lipinski definition) is 8. The van der Waals surface area contributed by atoms with Crippen LogP contribution >= 0.6 is 24.4 Å². The zero-order valence-corrected chi connectivity index (χ0v) is 22.2. The Morgan fingerprint density at radius 1 is 1.00 bits per heavy atom. The van der Waals surface area contributed by atoms with Crippen LogP contribution in [-0.4, -0.2) is 35.5 Å². The molecule has 0 bridgehead atoms. The smallest absolute Gasteiger partial charge is 0.262 e. The topological polar surface area (TPSA) is 95.6 Å². The number of carbonyl (C=O) groups is 1. The lowest BCUT2D eigenvalue weighted by molar-refractivity contribution is 0.103. The van der Waals surface area contributed by atoms with Crippen LogP contribution in [0.5, 0.6) is 0 Å². The third-order valence-corrected chi connectivity index (χ3v) is 7.87. The van der Waals surface area contributed by atoms with Crippen molar-refractivity contribution in [3.8, 4) is 0 Å². The average Bonchev–Trinajstić information content (AvgIpc) is 3.35. The van der Waals surface area contributed by atoms with E-state index in [2.05, 4.69) is 28.2 Å². The van der Waals surface area contributed by atoms with E-state index in [1.807, 2.05) is 61.5 Å². The summed E-state index contributed by atoms with van der Waals surface area (Å²) in [4.78, 5) is 30.5. The van der Waals surface area contributed by atoms with Gasteiger partial charge in [0, 0.05) is 31.0 Å². The van der Waals surface area contributed by atoms with Gasteiger partial charge in [-0.05, 0) is 40.1 Å². The highest BCUT2D eigenvalue weighted by Crippen LogP contribution is 2.27. The Morgan fingerprint density at radius 2 is 1.68 bits per heavy atom. The molecule has 0 saturated heterocycles. The molecular formula is C27H24N6O2S2. The molecule has 5 aromatic rings. The van der Waals surface area contributed by atoms with E-state index >= 15 is 0 Å². The largest absolute Gasteiger partial charge is 0.290 e. The number of nitrogens with zero attached hydrogens (tertiary/aromatic N) is 6. The van der Waals surface area contributed by atoms with Crippen molar-refractivity contribution in [1.82, 2.24) is 29.8 Å². The van der Waals surface area contributed by atoms with E-state index in [9.17, 15) is 9.59 Å². The summed E-state index contributed by atoms with van der Waals surface area (Å²) in [5.74, 6) is 1.20. The Bertz CT molecular complexity index is 1660. The number of carbonyl (C=O) groups excluding carboxylic acids is 1. The fourth-order valence-corrected chi connectivity index (χ4v) is 5.40. The molecule has 1 unspecified atom stereocenters. The van der Waals surface area contributed by atoms with E-state index in [0.29, 0.717) is 38.8 Å². The lowest BCUT2D eigenvalue weighted by Crippen LogP contribution is -2.20. The molecule has 5 rings (SSSR count). The summed E-state index contributed by atoms with van der Waals surface area (Å²) in [6.45, 7) is 1.92. The lowest BCUT2D eigenvalue weighted by atomic mass is 10.0. The monoisotopic (exact) mass is 528 g/mol. The van der Waals surface area contributed by atoms with Crippen molar-refractivity contribution < 1.29 is 4.79 Å². The van der Waals surface area contributed by atoms with Crippen molar-refractivity contribution >= 4 is 41.1 Å². The van der Waals surface area contributed by atoms with Gasteiger partial charge in [-0.3, -0.25) is 14.2 Å². The Hall–Kier alpha value is -3.76. The first kappa shape index (κ1) is 24.9. The van der Waals surface area contributed by atoms with Gasteiger partial charge in [-0.15, -0.1) is 5.10 Å². The highest BCUT2D eigenvalue weighted by Gasteiger charge is 2.17. The van der Waals surface area contributed by atoms with Crippen molar-refractivity contribution in [3.63, 3.8) is 0 Å². The van der Waals surface area contributed by atoms with Gasteiger partial charge in [0.1, 0.15) is 0 Å². The summed E-state index contributed by atoms with van der Waals surface area (Å²) in [6.07, 6.45) is 0. The first-order chi connectivity index (χ1) is 17.8. The number of tetrazole rings is 1. The lowest BCUT2D eigenvalue weighted by Gasteiger charge is -2.11.